The van der Waals surface area contributed by atoms with Crippen LogP contribution in [0.5, 0.6) is 0 Å². The van der Waals surface area contributed by atoms with E-state index in [-0.39, 0.29) is 5.91 Å². The number of rotatable bonds is 2. The molecule has 5 heteroatoms. The molecule has 2 aliphatic heterocycles. The van der Waals surface area contributed by atoms with Gasteiger partial charge < -0.3 is 10.6 Å². The van der Waals surface area contributed by atoms with Crippen molar-refractivity contribution in [3.8, 4) is 0 Å². The molecule has 0 atom stereocenters. The number of carbonyl (C=O) groups excluding carboxylic acids is 1. The molecule has 2 aliphatic rings. The Morgan fingerprint density at radius 2 is 1.68 bits per heavy atom. The number of nitrogens with one attached hydrogen (secondary N) is 2. The van der Waals surface area contributed by atoms with Crippen LogP contribution in [0.4, 0.5) is 0 Å². The third-order valence-electron chi connectivity index (χ3n) is 3.30. The van der Waals surface area contributed by atoms with Crippen molar-refractivity contribution in [3.63, 3.8) is 0 Å². The van der Waals surface area contributed by atoms with Crippen LogP contribution in [-0.4, -0.2) is 12.5 Å². The summed E-state index contributed by atoms with van der Waals surface area (Å²) in [6.07, 6.45) is 0. The zero-order valence-electron chi connectivity index (χ0n) is 9.90. The van der Waals surface area contributed by atoms with Crippen LogP contribution in [-0.2, 0) is 4.79 Å². The maximum atomic E-state index is 12.2. The third-order valence-corrected chi connectivity index (χ3v) is 5.07. The molecule has 0 radical (unpaired) electrons. The van der Waals surface area contributed by atoms with Crippen molar-refractivity contribution >= 4 is 40.0 Å². The van der Waals surface area contributed by atoms with Crippen LogP contribution in [0.3, 0.4) is 0 Å². The first-order valence-corrected chi connectivity index (χ1v) is 7.71. The SMILES string of the molecule is O=C1NC(c2cccs2)=C2CNC(c3cccs3)=C12. The van der Waals surface area contributed by atoms with Gasteiger partial charge in [0.05, 0.1) is 26.7 Å². The van der Waals surface area contributed by atoms with Gasteiger partial charge in [-0.3, -0.25) is 4.79 Å². The van der Waals surface area contributed by atoms with Crippen LogP contribution in [0.1, 0.15) is 9.75 Å². The summed E-state index contributed by atoms with van der Waals surface area (Å²) in [6, 6.07) is 8.09. The predicted octanol–water partition coefficient (Wildman–Crippen LogP) is 2.67. The maximum Gasteiger partial charge on any atom is 0.258 e. The Labute approximate surface area is 118 Å². The molecule has 4 heterocycles. The van der Waals surface area contributed by atoms with Crippen molar-refractivity contribution in [1.29, 1.82) is 0 Å². The van der Waals surface area contributed by atoms with E-state index in [2.05, 4.69) is 10.6 Å². The lowest BCUT2D eigenvalue weighted by molar-refractivity contribution is -0.115. The largest absolute Gasteiger partial charge is 0.379 e. The van der Waals surface area contributed by atoms with Gasteiger partial charge in [-0.2, -0.15) is 0 Å². The topological polar surface area (TPSA) is 41.1 Å². The van der Waals surface area contributed by atoms with Gasteiger partial charge in [0.25, 0.3) is 5.91 Å². The maximum absolute atomic E-state index is 12.2. The van der Waals surface area contributed by atoms with Crippen molar-refractivity contribution < 1.29 is 4.79 Å². The molecule has 0 bridgehead atoms. The molecule has 2 N–H and O–H groups in total. The summed E-state index contributed by atoms with van der Waals surface area (Å²) in [4.78, 5) is 14.5. The van der Waals surface area contributed by atoms with Gasteiger partial charge in [0.2, 0.25) is 0 Å². The number of fused-ring (bicyclic) bond motifs is 1. The third kappa shape index (κ3) is 1.59. The number of amides is 1. The summed E-state index contributed by atoms with van der Waals surface area (Å²) in [5, 5.41) is 10.4. The van der Waals surface area contributed by atoms with E-state index in [1.54, 1.807) is 22.7 Å². The predicted molar refractivity (Wildman–Crippen MR) is 78.6 cm³/mol. The van der Waals surface area contributed by atoms with Gasteiger partial charge in [-0.15, -0.1) is 22.7 Å². The Morgan fingerprint density at radius 1 is 1.00 bits per heavy atom. The number of thiophene rings is 2. The molecule has 0 saturated heterocycles. The molecular weight excluding hydrogens is 276 g/mol. The summed E-state index contributed by atoms with van der Waals surface area (Å²) in [7, 11) is 0. The highest BCUT2D eigenvalue weighted by atomic mass is 32.1. The zero-order valence-corrected chi connectivity index (χ0v) is 11.5. The van der Waals surface area contributed by atoms with Crippen molar-refractivity contribution in [3.05, 3.63) is 55.9 Å². The quantitative estimate of drug-likeness (QED) is 0.891. The van der Waals surface area contributed by atoms with Gasteiger partial charge in [0.1, 0.15) is 0 Å². The molecule has 94 valence electrons. The Hall–Kier alpha value is -1.85. The summed E-state index contributed by atoms with van der Waals surface area (Å²) < 4.78 is 0. The molecule has 2 aromatic rings. The molecule has 2 aromatic heterocycles. The van der Waals surface area contributed by atoms with Crippen LogP contribution < -0.4 is 10.6 Å². The van der Waals surface area contributed by atoms with Crippen molar-refractivity contribution in [2.75, 3.05) is 6.54 Å². The summed E-state index contributed by atoms with van der Waals surface area (Å²) in [5.74, 6) is 0.00630. The fraction of sp³-hybridized carbons (Fsp3) is 0.0714. The van der Waals surface area contributed by atoms with E-state index in [1.165, 1.54) is 0 Å². The highest BCUT2D eigenvalue weighted by molar-refractivity contribution is 7.11. The minimum absolute atomic E-state index is 0.00630. The Kier molecular flexibility index (Phi) is 2.36. The highest BCUT2D eigenvalue weighted by Crippen LogP contribution is 2.38. The van der Waals surface area contributed by atoms with Crippen LogP contribution in [0.25, 0.3) is 11.4 Å². The normalized spacial score (nSPS) is 17.8. The molecule has 0 spiro atoms. The standard InChI is InChI=1S/C14H10N2OS2/c17-14-11-8(12(16-14)9-3-1-5-18-9)7-15-13(11)10-4-2-6-19-10/h1-6,15H,7H2,(H,16,17). The lowest BCUT2D eigenvalue weighted by Crippen LogP contribution is -2.18. The lowest BCUT2D eigenvalue weighted by Gasteiger charge is -2.04. The molecule has 19 heavy (non-hydrogen) atoms. The Balaban J connectivity index is 1.89. The molecule has 0 fully saturated rings. The number of hydrogen-bond donors (Lipinski definition) is 2. The second-order valence-electron chi connectivity index (χ2n) is 4.37. The van der Waals surface area contributed by atoms with Crippen molar-refractivity contribution in [1.82, 2.24) is 10.6 Å². The van der Waals surface area contributed by atoms with Crippen molar-refractivity contribution in [2.45, 2.75) is 0 Å². The first-order valence-electron chi connectivity index (χ1n) is 5.95. The molecule has 0 aliphatic carbocycles. The smallest absolute Gasteiger partial charge is 0.258 e. The first kappa shape index (κ1) is 11.0. The molecular formula is C14H10N2OS2. The van der Waals surface area contributed by atoms with Gasteiger partial charge in [0.15, 0.2) is 0 Å². The van der Waals surface area contributed by atoms with Crippen LogP contribution in [0.2, 0.25) is 0 Å². The first-order chi connectivity index (χ1) is 9.34. The second kappa shape index (κ2) is 4.08. The molecule has 3 nitrogen and oxygen atoms in total. The van der Waals surface area contributed by atoms with Gasteiger partial charge in [0, 0.05) is 12.1 Å². The van der Waals surface area contributed by atoms with Crippen LogP contribution in [0.15, 0.2) is 46.2 Å². The van der Waals surface area contributed by atoms with E-state index >= 15 is 0 Å². The second-order valence-corrected chi connectivity index (χ2v) is 6.26. The van der Waals surface area contributed by atoms with Gasteiger partial charge in [-0.1, -0.05) is 12.1 Å². The number of hydrogen-bond acceptors (Lipinski definition) is 4. The van der Waals surface area contributed by atoms with E-state index in [0.29, 0.717) is 6.54 Å². The molecule has 0 aromatic carbocycles. The fourth-order valence-electron chi connectivity index (χ4n) is 2.48. The fourth-order valence-corrected chi connectivity index (χ4v) is 3.99. The van der Waals surface area contributed by atoms with Gasteiger partial charge in [-0.05, 0) is 22.9 Å². The van der Waals surface area contributed by atoms with E-state index in [1.807, 2.05) is 35.0 Å². The van der Waals surface area contributed by atoms with Crippen LogP contribution >= 0.6 is 22.7 Å². The minimum atomic E-state index is 0.00630. The average Bonchev–Trinajstić information content (AvgIpc) is 3.16. The van der Waals surface area contributed by atoms with Crippen molar-refractivity contribution in [2.24, 2.45) is 0 Å². The Morgan fingerprint density at radius 3 is 2.32 bits per heavy atom. The molecule has 0 unspecified atom stereocenters. The lowest BCUT2D eigenvalue weighted by atomic mass is 10.1. The number of carbonyl (C=O) groups is 1. The van der Waals surface area contributed by atoms with E-state index in [9.17, 15) is 4.79 Å². The summed E-state index contributed by atoms with van der Waals surface area (Å²) in [6.45, 7) is 0.717. The molecule has 0 saturated carbocycles. The summed E-state index contributed by atoms with van der Waals surface area (Å²) in [5.41, 5.74) is 3.84. The summed E-state index contributed by atoms with van der Waals surface area (Å²) >= 11 is 3.30. The highest BCUT2D eigenvalue weighted by Gasteiger charge is 2.35. The Bertz CT molecular complexity index is 709. The zero-order chi connectivity index (χ0) is 12.8. The monoisotopic (exact) mass is 286 g/mol. The molecule has 4 rings (SSSR count). The van der Waals surface area contributed by atoms with E-state index in [4.69, 9.17) is 0 Å². The van der Waals surface area contributed by atoms with Gasteiger partial charge in [-0.25, -0.2) is 0 Å². The minimum Gasteiger partial charge on any atom is -0.379 e. The van der Waals surface area contributed by atoms with Crippen LogP contribution in [0, 0.1) is 0 Å². The van der Waals surface area contributed by atoms with E-state index < -0.39 is 0 Å². The average molecular weight is 286 g/mol. The van der Waals surface area contributed by atoms with E-state index in [0.717, 1.165) is 32.3 Å². The molecule has 1 amide bonds. The van der Waals surface area contributed by atoms with Gasteiger partial charge >= 0.3 is 0 Å².